The zero-order valence-corrected chi connectivity index (χ0v) is 9.30. The Balaban J connectivity index is 1.97. The summed E-state index contributed by atoms with van der Waals surface area (Å²) < 4.78 is 2.15. The summed E-state index contributed by atoms with van der Waals surface area (Å²) in [6, 6.07) is 0. The predicted octanol–water partition coefficient (Wildman–Crippen LogP) is 1.70. The summed E-state index contributed by atoms with van der Waals surface area (Å²) in [4.78, 5) is 12.2. The number of hydrogen-bond donors (Lipinski definition) is 1. The summed E-state index contributed by atoms with van der Waals surface area (Å²) in [5.74, 6) is 1.03. The van der Waals surface area contributed by atoms with E-state index in [2.05, 4.69) is 31.8 Å². The lowest BCUT2D eigenvalue weighted by molar-refractivity contribution is 0.644. The van der Waals surface area contributed by atoms with Crippen LogP contribution in [0.2, 0.25) is 0 Å². The molecule has 0 saturated carbocycles. The summed E-state index contributed by atoms with van der Waals surface area (Å²) in [5, 5.41) is 3.24. The second kappa shape index (κ2) is 5.25. The highest BCUT2D eigenvalue weighted by Crippen LogP contribution is 2.05. The smallest absolute Gasteiger partial charge is 0.128 e. The summed E-state index contributed by atoms with van der Waals surface area (Å²) in [5.41, 5.74) is 0.911. The molecule has 0 aromatic carbocycles. The molecule has 0 saturated heterocycles. The molecule has 2 aromatic rings. The Kier molecular flexibility index (Phi) is 3.48. The Morgan fingerprint density at radius 1 is 1.31 bits per heavy atom. The Morgan fingerprint density at radius 2 is 2.12 bits per heavy atom. The molecule has 1 N–H and O–H groups in total. The van der Waals surface area contributed by atoms with Crippen LogP contribution in [-0.2, 0) is 13.1 Å². The number of imidazole rings is 1. The van der Waals surface area contributed by atoms with E-state index >= 15 is 0 Å². The molecule has 2 heterocycles. The molecular formula is C11H15N5. The maximum absolute atomic E-state index is 4.31. The van der Waals surface area contributed by atoms with Crippen molar-refractivity contribution in [1.82, 2.24) is 19.5 Å². The van der Waals surface area contributed by atoms with Crippen molar-refractivity contribution in [1.29, 1.82) is 0 Å². The molecule has 16 heavy (non-hydrogen) atoms. The van der Waals surface area contributed by atoms with Gasteiger partial charge in [0.1, 0.15) is 12.2 Å². The Labute approximate surface area is 94.6 Å². The minimum absolute atomic E-state index is 0.695. The van der Waals surface area contributed by atoms with Crippen LogP contribution in [0.3, 0.4) is 0 Å². The van der Waals surface area contributed by atoms with Crippen LogP contribution >= 0.6 is 0 Å². The molecule has 0 spiro atoms. The fraction of sp³-hybridized carbons (Fsp3) is 0.364. The van der Waals surface area contributed by atoms with Crippen LogP contribution in [0.15, 0.2) is 31.1 Å². The van der Waals surface area contributed by atoms with Crippen LogP contribution < -0.4 is 5.32 Å². The molecule has 0 amide bonds. The second-order valence-electron chi connectivity index (χ2n) is 3.52. The number of nitrogens with one attached hydrogen (secondary N) is 1. The fourth-order valence-corrected chi connectivity index (χ4v) is 1.52. The van der Waals surface area contributed by atoms with Crippen LogP contribution in [-0.4, -0.2) is 19.5 Å². The molecule has 0 aliphatic heterocycles. The molecule has 0 bridgehead atoms. The van der Waals surface area contributed by atoms with E-state index in [0.29, 0.717) is 6.54 Å². The highest BCUT2D eigenvalue weighted by atomic mass is 15.1. The highest BCUT2D eigenvalue weighted by Gasteiger charge is 2.01. The van der Waals surface area contributed by atoms with Crippen LogP contribution in [0.5, 0.6) is 0 Å². The largest absolute Gasteiger partial charge is 0.375 e. The van der Waals surface area contributed by atoms with Crippen molar-refractivity contribution in [3.63, 3.8) is 0 Å². The van der Waals surface area contributed by atoms with Gasteiger partial charge in [-0.15, -0.1) is 0 Å². The summed E-state index contributed by atoms with van der Waals surface area (Å²) in [6.45, 7) is 3.85. The van der Waals surface area contributed by atoms with Crippen molar-refractivity contribution >= 4 is 5.69 Å². The van der Waals surface area contributed by atoms with Crippen LogP contribution in [0.1, 0.15) is 19.2 Å². The SMILES string of the molecule is CCCn1ccnc1CNc1cncnc1. The molecule has 0 radical (unpaired) electrons. The molecule has 0 unspecified atom stereocenters. The van der Waals surface area contributed by atoms with Crippen molar-refractivity contribution in [2.45, 2.75) is 26.4 Å². The first-order chi connectivity index (χ1) is 7.90. The quantitative estimate of drug-likeness (QED) is 0.828. The van der Waals surface area contributed by atoms with Gasteiger partial charge in [-0.25, -0.2) is 15.0 Å². The van der Waals surface area contributed by atoms with Gasteiger partial charge in [-0.1, -0.05) is 6.92 Å². The first kappa shape index (κ1) is 10.6. The molecule has 0 atom stereocenters. The fourth-order valence-electron chi connectivity index (χ4n) is 1.52. The Morgan fingerprint density at radius 3 is 2.88 bits per heavy atom. The van der Waals surface area contributed by atoms with Crippen LogP contribution in [0.4, 0.5) is 5.69 Å². The number of rotatable bonds is 5. The number of hydrogen-bond acceptors (Lipinski definition) is 4. The third kappa shape index (κ3) is 2.56. The highest BCUT2D eigenvalue weighted by molar-refractivity contribution is 5.37. The summed E-state index contributed by atoms with van der Waals surface area (Å²) in [6.07, 6.45) is 9.96. The monoisotopic (exact) mass is 217 g/mol. The molecule has 2 aromatic heterocycles. The molecular weight excluding hydrogens is 202 g/mol. The third-order valence-electron chi connectivity index (χ3n) is 2.28. The summed E-state index contributed by atoms with van der Waals surface area (Å²) in [7, 11) is 0. The molecule has 5 nitrogen and oxygen atoms in total. The van der Waals surface area contributed by atoms with Crippen molar-refractivity contribution in [3.05, 3.63) is 36.9 Å². The van der Waals surface area contributed by atoms with Crippen molar-refractivity contribution in [3.8, 4) is 0 Å². The zero-order chi connectivity index (χ0) is 11.2. The topological polar surface area (TPSA) is 55.6 Å². The van der Waals surface area contributed by atoms with E-state index < -0.39 is 0 Å². The maximum atomic E-state index is 4.31. The lowest BCUT2D eigenvalue weighted by Crippen LogP contribution is -2.08. The van der Waals surface area contributed by atoms with Gasteiger partial charge < -0.3 is 9.88 Å². The van der Waals surface area contributed by atoms with Gasteiger partial charge >= 0.3 is 0 Å². The lowest BCUT2D eigenvalue weighted by Gasteiger charge is -2.07. The van der Waals surface area contributed by atoms with E-state index in [1.165, 1.54) is 6.33 Å². The van der Waals surface area contributed by atoms with E-state index in [0.717, 1.165) is 24.5 Å². The average Bonchev–Trinajstić information content (AvgIpc) is 2.76. The van der Waals surface area contributed by atoms with E-state index in [9.17, 15) is 0 Å². The molecule has 84 valence electrons. The molecule has 2 rings (SSSR count). The predicted molar refractivity (Wildman–Crippen MR) is 61.9 cm³/mol. The minimum atomic E-state index is 0.695. The van der Waals surface area contributed by atoms with E-state index in [1.54, 1.807) is 12.4 Å². The Hall–Kier alpha value is -1.91. The molecule has 0 fully saturated rings. The van der Waals surface area contributed by atoms with Crippen LogP contribution in [0.25, 0.3) is 0 Å². The third-order valence-corrected chi connectivity index (χ3v) is 2.28. The standard InChI is InChI=1S/C11H15N5/c1-2-4-16-5-3-14-11(16)8-15-10-6-12-9-13-7-10/h3,5-7,9,15H,2,4,8H2,1H3. The zero-order valence-electron chi connectivity index (χ0n) is 9.30. The Bertz CT molecular complexity index is 423. The van der Waals surface area contributed by atoms with Crippen LogP contribution in [0, 0.1) is 0 Å². The number of nitrogens with zero attached hydrogens (tertiary/aromatic N) is 4. The first-order valence-electron chi connectivity index (χ1n) is 5.39. The summed E-state index contributed by atoms with van der Waals surface area (Å²) >= 11 is 0. The lowest BCUT2D eigenvalue weighted by atomic mass is 10.4. The molecule has 0 aliphatic carbocycles. The van der Waals surface area contributed by atoms with Crippen molar-refractivity contribution < 1.29 is 0 Å². The van der Waals surface area contributed by atoms with Gasteiger partial charge in [-0.2, -0.15) is 0 Å². The number of aryl methyl sites for hydroxylation is 1. The van der Waals surface area contributed by atoms with Gasteiger partial charge in [-0.3, -0.25) is 0 Å². The second-order valence-corrected chi connectivity index (χ2v) is 3.52. The normalized spacial score (nSPS) is 10.3. The van der Waals surface area contributed by atoms with Gasteiger partial charge in [0.25, 0.3) is 0 Å². The van der Waals surface area contributed by atoms with E-state index in [4.69, 9.17) is 0 Å². The van der Waals surface area contributed by atoms with Gasteiger partial charge in [0.2, 0.25) is 0 Å². The van der Waals surface area contributed by atoms with Gasteiger partial charge in [-0.05, 0) is 6.42 Å². The van der Waals surface area contributed by atoms with Crippen molar-refractivity contribution in [2.75, 3.05) is 5.32 Å². The van der Waals surface area contributed by atoms with Gasteiger partial charge in [0.05, 0.1) is 24.6 Å². The number of anilines is 1. The van der Waals surface area contributed by atoms with Gasteiger partial charge in [0.15, 0.2) is 0 Å². The minimum Gasteiger partial charge on any atom is -0.375 e. The van der Waals surface area contributed by atoms with E-state index in [-0.39, 0.29) is 0 Å². The first-order valence-corrected chi connectivity index (χ1v) is 5.39. The van der Waals surface area contributed by atoms with E-state index in [1.807, 2.05) is 12.4 Å². The van der Waals surface area contributed by atoms with Crippen molar-refractivity contribution in [2.24, 2.45) is 0 Å². The van der Waals surface area contributed by atoms with Gasteiger partial charge in [0, 0.05) is 18.9 Å². The molecule has 5 heteroatoms. The maximum Gasteiger partial charge on any atom is 0.128 e. The molecule has 0 aliphatic rings. The number of aromatic nitrogens is 4. The average molecular weight is 217 g/mol.